The maximum absolute atomic E-state index is 11.4. The zero-order valence-corrected chi connectivity index (χ0v) is 8.85. The summed E-state index contributed by atoms with van der Waals surface area (Å²) in [6.45, 7) is 0. The predicted molar refractivity (Wildman–Crippen MR) is 61.2 cm³/mol. The number of rotatable bonds is 4. The first-order chi connectivity index (χ1) is 7.84. The van der Waals surface area contributed by atoms with Crippen molar-refractivity contribution in [3.8, 4) is 5.88 Å². The molecule has 3 nitrogen and oxygen atoms in total. The first-order valence-electron chi connectivity index (χ1n) is 5.22. The van der Waals surface area contributed by atoms with E-state index >= 15 is 0 Å². The van der Waals surface area contributed by atoms with Crippen LogP contribution in [0.1, 0.15) is 12.0 Å². The summed E-state index contributed by atoms with van der Waals surface area (Å²) in [7, 11) is 0. The molecule has 16 heavy (non-hydrogen) atoms. The monoisotopic (exact) mass is 215 g/mol. The number of hydrogen-bond donors (Lipinski definition) is 1. The SMILES string of the molecule is O=C(CCc1ccccc1)Oc1ccc[nH]1. The molecule has 0 unspecified atom stereocenters. The fourth-order valence-electron chi connectivity index (χ4n) is 1.44. The van der Waals surface area contributed by atoms with E-state index in [1.807, 2.05) is 30.3 Å². The molecule has 0 bridgehead atoms. The molecule has 1 heterocycles. The molecule has 1 aromatic heterocycles. The lowest BCUT2D eigenvalue weighted by Gasteiger charge is -2.01. The van der Waals surface area contributed by atoms with E-state index in [1.54, 1.807) is 18.3 Å². The maximum atomic E-state index is 11.4. The molecule has 0 atom stereocenters. The van der Waals surface area contributed by atoms with Gasteiger partial charge in [-0.15, -0.1) is 0 Å². The minimum absolute atomic E-state index is 0.216. The Labute approximate surface area is 94.1 Å². The van der Waals surface area contributed by atoms with Gasteiger partial charge in [0.1, 0.15) is 0 Å². The summed E-state index contributed by atoms with van der Waals surface area (Å²) in [5.41, 5.74) is 1.14. The van der Waals surface area contributed by atoms with Crippen LogP contribution in [0.4, 0.5) is 0 Å². The van der Waals surface area contributed by atoms with Crippen LogP contribution in [0.3, 0.4) is 0 Å². The molecular formula is C13H13NO2. The fraction of sp³-hybridized carbons (Fsp3) is 0.154. The van der Waals surface area contributed by atoms with Gasteiger partial charge in [-0.25, -0.2) is 0 Å². The van der Waals surface area contributed by atoms with Crippen LogP contribution >= 0.6 is 0 Å². The first-order valence-corrected chi connectivity index (χ1v) is 5.22. The molecule has 0 aliphatic heterocycles. The van der Waals surface area contributed by atoms with E-state index in [0.717, 1.165) is 5.56 Å². The molecule has 0 fully saturated rings. The molecule has 0 saturated carbocycles. The third-order valence-corrected chi connectivity index (χ3v) is 2.25. The summed E-state index contributed by atoms with van der Waals surface area (Å²) in [5, 5.41) is 0. The van der Waals surface area contributed by atoms with Gasteiger partial charge in [-0.3, -0.25) is 4.79 Å². The standard InChI is InChI=1S/C13H13NO2/c15-13(16-12-7-4-10-14-12)9-8-11-5-2-1-3-6-11/h1-7,10,14H,8-9H2. The summed E-state index contributed by atoms with van der Waals surface area (Å²) >= 11 is 0. The Morgan fingerprint density at radius 2 is 1.94 bits per heavy atom. The van der Waals surface area contributed by atoms with Crippen LogP contribution in [0.5, 0.6) is 5.88 Å². The zero-order valence-electron chi connectivity index (χ0n) is 8.85. The number of hydrogen-bond acceptors (Lipinski definition) is 2. The van der Waals surface area contributed by atoms with Crippen molar-refractivity contribution in [2.45, 2.75) is 12.8 Å². The number of H-pyrrole nitrogens is 1. The molecule has 0 radical (unpaired) electrons. The van der Waals surface area contributed by atoms with E-state index in [2.05, 4.69) is 4.98 Å². The van der Waals surface area contributed by atoms with Crippen LogP contribution in [-0.2, 0) is 11.2 Å². The molecule has 0 aliphatic carbocycles. The van der Waals surface area contributed by atoms with Gasteiger partial charge in [0.25, 0.3) is 0 Å². The van der Waals surface area contributed by atoms with E-state index in [1.165, 1.54) is 0 Å². The highest BCUT2D eigenvalue weighted by molar-refractivity contribution is 5.72. The molecule has 0 aliphatic rings. The number of benzene rings is 1. The van der Waals surface area contributed by atoms with Crippen molar-refractivity contribution in [1.29, 1.82) is 0 Å². The van der Waals surface area contributed by atoms with Crippen LogP contribution in [0, 0.1) is 0 Å². The van der Waals surface area contributed by atoms with Crippen molar-refractivity contribution in [3.63, 3.8) is 0 Å². The van der Waals surface area contributed by atoms with E-state index in [9.17, 15) is 4.79 Å². The number of carbonyl (C=O) groups is 1. The normalized spacial score (nSPS) is 10.0. The Morgan fingerprint density at radius 1 is 1.12 bits per heavy atom. The quantitative estimate of drug-likeness (QED) is 0.796. The molecular weight excluding hydrogens is 202 g/mol. The highest BCUT2D eigenvalue weighted by atomic mass is 16.5. The lowest BCUT2D eigenvalue weighted by atomic mass is 10.1. The van der Waals surface area contributed by atoms with E-state index < -0.39 is 0 Å². The van der Waals surface area contributed by atoms with Crippen molar-refractivity contribution >= 4 is 5.97 Å². The molecule has 3 heteroatoms. The Morgan fingerprint density at radius 3 is 2.62 bits per heavy atom. The smallest absolute Gasteiger partial charge is 0.312 e. The summed E-state index contributed by atoms with van der Waals surface area (Å²) in [5.74, 6) is 0.282. The van der Waals surface area contributed by atoms with Gasteiger partial charge in [0, 0.05) is 12.3 Å². The summed E-state index contributed by atoms with van der Waals surface area (Å²) in [6, 6.07) is 13.4. The third-order valence-electron chi connectivity index (χ3n) is 2.25. The second-order valence-corrected chi connectivity index (χ2v) is 3.49. The molecule has 82 valence electrons. The van der Waals surface area contributed by atoms with E-state index in [0.29, 0.717) is 18.7 Å². The molecule has 1 aromatic carbocycles. The highest BCUT2D eigenvalue weighted by Gasteiger charge is 2.05. The molecule has 0 spiro atoms. The van der Waals surface area contributed by atoms with Gasteiger partial charge in [-0.05, 0) is 18.1 Å². The van der Waals surface area contributed by atoms with Gasteiger partial charge in [0.2, 0.25) is 5.88 Å². The summed E-state index contributed by atoms with van der Waals surface area (Å²) < 4.78 is 5.08. The average molecular weight is 215 g/mol. The second kappa shape index (κ2) is 5.16. The van der Waals surface area contributed by atoms with Crippen LogP contribution in [0.2, 0.25) is 0 Å². The highest BCUT2D eigenvalue weighted by Crippen LogP contribution is 2.08. The van der Waals surface area contributed by atoms with Gasteiger partial charge in [0.05, 0.1) is 6.42 Å². The second-order valence-electron chi connectivity index (χ2n) is 3.49. The van der Waals surface area contributed by atoms with Gasteiger partial charge in [0.15, 0.2) is 0 Å². The van der Waals surface area contributed by atoms with Crippen LogP contribution < -0.4 is 4.74 Å². The molecule has 0 saturated heterocycles. The van der Waals surface area contributed by atoms with Gasteiger partial charge in [-0.2, -0.15) is 0 Å². The number of aryl methyl sites for hydroxylation is 1. The van der Waals surface area contributed by atoms with Crippen molar-refractivity contribution < 1.29 is 9.53 Å². The number of nitrogens with one attached hydrogen (secondary N) is 1. The zero-order chi connectivity index (χ0) is 11.2. The minimum Gasteiger partial charge on any atom is -0.410 e. The lowest BCUT2D eigenvalue weighted by Crippen LogP contribution is -2.09. The topological polar surface area (TPSA) is 42.1 Å². The number of carbonyl (C=O) groups excluding carboxylic acids is 1. The molecule has 1 N–H and O–H groups in total. The lowest BCUT2D eigenvalue weighted by molar-refractivity contribution is -0.134. The van der Waals surface area contributed by atoms with E-state index in [4.69, 9.17) is 4.74 Å². The number of esters is 1. The summed E-state index contributed by atoms with van der Waals surface area (Å²) in [4.78, 5) is 14.3. The fourth-order valence-corrected chi connectivity index (χ4v) is 1.44. The number of aromatic nitrogens is 1. The maximum Gasteiger partial charge on any atom is 0.312 e. The Hall–Kier alpha value is -2.03. The molecule has 0 amide bonds. The van der Waals surface area contributed by atoms with E-state index in [-0.39, 0.29) is 5.97 Å². The third kappa shape index (κ3) is 2.98. The molecule has 2 rings (SSSR count). The van der Waals surface area contributed by atoms with Crippen LogP contribution in [-0.4, -0.2) is 11.0 Å². The Balaban J connectivity index is 1.80. The minimum atomic E-state index is -0.216. The van der Waals surface area contributed by atoms with Gasteiger partial charge < -0.3 is 9.72 Å². The first kappa shape index (κ1) is 10.5. The van der Waals surface area contributed by atoms with Gasteiger partial charge >= 0.3 is 5.97 Å². The largest absolute Gasteiger partial charge is 0.410 e. The van der Waals surface area contributed by atoms with Gasteiger partial charge in [-0.1, -0.05) is 30.3 Å². The number of ether oxygens (including phenoxy) is 1. The van der Waals surface area contributed by atoms with Crippen molar-refractivity contribution in [1.82, 2.24) is 4.98 Å². The predicted octanol–water partition coefficient (Wildman–Crippen LogP) is 2.55. The number of aromatic amines is 1. The van der Waals surface area contributed by atoms with Crippen molar-refractivity contribution in [2.75, 3.05) is 0 Å². The average Bonchev–Trinajstić information content (AvgIpc) is 2.81. The van der Waals surface area contributed by atoms with Crippen LogP contribution in [0.25, 0.3) is 0 Å². The van der Waals surface area contributed by atoms with Crippen LogP contribution in [0.15, 0.2) is 48.7 Å². The summed E-state index contributed by atoms with van der Waals surface area (Å²) in [6.07, 6.45) is 2.82. The Kier molecular flexibility index (Phi) is 3.38. The van der Waals surface area contributed by atoms with Crippen molar-refractivity contribution in [2.24, 2.45) is 0 Å². The Bertz CT molecular complexity index is 434. The molecule has 2 aromatic rings. The van der Waals surface area contributed by atoms with Crippen molar-refractivity contribution in [3.05, 3.63) is 54.2 Å².